The zero-order chi connectivity index (χ0) is 21.3. The van der Waals surface area contributed by atoms with Gasteiger partial charge in [0.15, 0.2) is 4.75 Å². The van der Waals surface area contributed by atoms with Crippen molar-refractivity contribution in [2.45, 2.75) is 37.8 Å². The van der Waals surface area contributed by atoms with Gasteiger partial charge >= 0.3 is 11.9 Å². The third-order valence-corrected chi connectivity index (χ3v) is 8.09. The number of allylic oxidation sites excluding steroid dienone is 1. The molecule has 4 rings (SSSR count). The molecule has 0 saturated carbocycles. The number of methoxy groups -OCH3 is 2. The Morgan fingerprint density at radius 1 is 1.34 bits per heavy atom. The second-order valence-corrected chi connectivity index (χ2v) is 10.3. The summed E-state index contributed by atoms with van der Waals surface area (Å²) in [6.45, 7) is 6.53. The Balaban J connectivity index is 2.22. The fraction of sp³-hybridized carbons (Fsp3) is 0.650. The number of carbonyl (C=O) groups excluding carboxylic acids is 2. The van der Waals surface area contributed by atoms with Gasteiger partial charge in [0.1, 0.15) is 18.0 Å². The van der Waals surface area contributed by atoms with Gasteiger partial charge in [0.25, 0.3) is 0 Å². The Morgan fingerprint density at radius 3 is 2.62 bits per heavy atom. The van der Waals surface area contributed by atoms with E-state index >= 15 is 0 Å². The summed E-state index contributed by atoms with van der Waals surface area (Å²) in [6.07, 6.45) is 3.29. The van der Waals surface area contributed by atoms with Crippen LogP contribution in [0.2, 0.25) is 0 Å². The van der Waals surface area contributed by atoms with E-state index in [1.54, 1.807) is 0 Å². The Labute approximate surface area is 179 Å². The number of carbonyl (C=O) groups is 2. The maximum atomic E-state index is 13.2. The van der Waals surface area contributed by atoms with Gasteiger partial charge in [0, 0.05) is 5.92 Å². The minimum Gasteiger partial charge on any atom is -0.469 e. The molecule has 1 saturated heterocycles. The summed E-state index contributed by atoms with van der Waals surface area (Å²) in [7, 11) is 2.65. The van der Waals surface area contributed by atoms with Crippen LogP contribution in [0.25, 0.3) is 0 Å². The number of esters is 2. The van der Waals surface area contributed by atoms with Gasteiger partial charge in [-0.1, -0.05) is 44.7 Å². The van der Waals surface area contributed by atoms with Gasteiger partial charge in [-0.25, -0.2) is 0 Å². The first kappa shape index (κ1) is 22.1. The molecule has 0 spiro atoms. The fourth-order valence-corrected chi connectivity index (χ4v) is 7.25. The molecule has 5 unspecified atom stereocenters. The van der Waals surface area contributed by atoms with E-state index in [2.05, 4.69) is 6.07 Å². The number of thioether (sulfide) groups is 2. The SMILES string of the molecule is CCSC1=C(C#N)N2C(OCC(C)C)C3C=CC2C(C(=O)OC)(S1)C3C(=O)OC. The fourth-order valence-electron chi connectivity index (χ4n) is 4.28. The van der Waals surface area contributed by atoms with Crippen molar-refractivity contribution >= 4 is 35.5 Å². The number of hydrogen-bond acceptors (Lipinski definition) is 9. The van der Waals surface area contributed by atoms with Gasteiger partial charge in [0.2, 0.25) is 0 Å². The highest BCUT2D eigenvalue weighted by Gasteiger charge is 2.70. The molecule has 0 aromatic rings. The first-order chi connectivity index (χ1) is 13.9. The second kappa shape index (κ2) is 8.62. The molecule has 0 aromatic carbocycles. The molecule has 0 aromatic heterocycles. The van der Waals surface area contributed by atoms with Gasteiger partial charge in [-0.3, -0.25) is 9.59 Å². The van der Waals surface area contributed by atoms with Gasteiger partial charge in [-0.2, -0.15) is 5.26 Å². The molecular formula is C20H26N2O5S2. The second-order valence-electron chi connectivity index (χ2n) is 7.50. The summed E-state index contributed by atoms with van der Waals surface area (Å²) in [5.74, 6) is -1.17. The van der Waals surface area contributed by atoms with Crippen molar-refractivity contribution < 1.29 is 23.8 Å². The van der Waals surface area contributed by atoms with Crippen molar-refractivity contribution in [3.63, 3.8) is 0 Å². The molecule has 0 radical (unpaired) electrons. The Kier molecular flexibility index (Phi) is 6.56. The number of nitrogens with zero attached hydrogens (tertiary/aromatic N) is 2. The summed E-state index contributed by atoms with van der Waals surface area (Å²) < 4.78 is 16.0. The maximum absolute atomic E-state index is 13.2. The first-order valence-electron chi connectivity index (χ1n) is 9.57. The number of rotatable bonds is 7. The molecule has 5 atom stereocenters. The van der Waals surface area contributed by atoms with Crippen molar-refractivity contribution in [3.8, 4) is 6.07 Å². The number of ether oxygens (including phenoxy) is 3. The number of hydrogen-bond donors (Lipinski definition) is 0. The highest BCUT2D eigenvalue weighted by molar-refractivity contribution is 8.23. The van der Waals surface area contributed by atoms with E-state index in [-0.39, 0.29) is 5.92 Å². The first-order valence-corrected chi connectivity index (χ1v) is 11.4. The lowest BCUT2D eigenvalue weighted by atomic mass is 9.66. The monoisotopic (exact) mass is 438 g/mol. The zero-order valence-corrected chi connectivity index (χ0v) is 18.8. The van der Waals surface area contributed by atoms with Crippen LogP contribution in [0.3, 0.4) is 0 Å². The van der Waals surface area contributed by atoms with Crippen LogP contribution >= 0.6 is 23.5 Å². The summed E-state index contributed by atoms with van der Waals surface area (Å²) in [6, 6.07) is 1.77. The molecule has 4 bridgehead atoms. The lowest BCUT2D eigenvalue weighted by molar-refractivity contribution is -0.183. The lowest BCUT2D eigenvalue weighted by Crippen LogP contribution is -2.74. The zero-order valence-electron chi connectivity index (χ0n) is 17.2. The van der Waals surface area contributed by atoms with Crippen molar-refractivity contribution in [3.05, 3.63) is 22.1 Å². The topological polar surface area (TPSA) is 88.9 Å². The van der Waals surface area contributed by atoms with Crippen molar-refractivity contribution in [2.24, 2.45) is 17.8 Å². The van der Waals surface area contributed by atoms with E-state index in [4.69, 9.17) is 14.2 Å². The maximum Gasteiger partial charge on any atom is 0.325 e. The van der Waals surface area contributed by atoms with E-state index in [1.165, 1.54) is 37.7 Å². The smallest absolute Gasteiger partial charge is 0.325 e. The molecule has 0 N–H and O–H groups in total. The minimum absolute atomic E-state index is 0.277. The summed E-state index contributed by atoms with van der Waals surface area (Å²) in [5.41, 5.74) is 0.484. The van der Waals surface area contributed by atoms with Gasteiger partial charge < -0.3 is 19.1 Å². The van der Waals surface area contributed by atoms with Crippen molar-refractivity contribution in [1.82, 2.24) is 4.90 Å². The average molecular weight is 439 g/mol. The van der Waals surface area contributed by atoms with Gasteiger partial charge in [0.05, 0.1) is 37.0 Å². The molecule has 158 valence electrons. The third kappa shape index (κ3) is 3.35. The van der Waals surface area contributed by atoms with Crippen LogP contribution in [0, 0.1) is 29.1 Å². The van der Waals surface area contributed by atoms with Crippen LogP contribution < -0.4 is 0 Å². The molecule has 9 heteroatoms. The van der Waals surface area contributed by atoms with E-state index in [1.807, 2.05) is 37.8 Å². The van der Waals surface area contributed by atoms with E-state index in [0.717, 1.165) is 5.75 Å². The molecule has 3 aliphatic heterocycles. The van der Waals surface area contributed by atoms with E-state index < -0.39 is 40.8 Å². The van der Waals surface area contributed by atoms with Crippen LogP contribution in [-0.4, -0.2) is 60.4 Å². The summed E-state index contributed by atoms with van der Waals surface area (Å²) in [5, 5.41) is 9.96. The predicted octanol–water partition coefficient (Wildman–Crippen LogP) is 2.75. The summed E-state index contributed by atoms with van der Waals surface area (Å²) in [4.78, 5) is 28.0. The molecule has 3 heterocycles. The van der Waals surface area contributed by atoms with E-state index in [9.17, 15) is 14.9 Å². The minimum atomic E-state index is -1.23. The molecule has 1 aliphatic carbocycles. The largest absolute Gasteiger partial charge is 0.469 e. The van der Waals surface area contributed by atoms with Gasteiger partial charge in [-0.15, -0.1) is 11.8 Å². The van der Waals surface area contributed by atoms with Crippen LogP contribution in [0.15, 0.2) is 22.1 Å². The third-order valence-electron chi connectivity index (χ3n) is 5.36. The Morgan fingerprint density at radius 2 is 2.07 bits per heavy atom. The number of nitriles is 1. The highest BCUT2D eigenvalue weighted by atomic mass is 32.2. The average Bonchev–Trinajstić information content (AvgIpc) is 2.72. The van der Waals surface area contributed by atoms with E-state index in [0.29, 0.717) is 16.5 Å². The van der Waals surface area contributed by atoms with Crippen LogP contribution in [0.5, 0.6) is 0 Å². The Hall–Kier alpha value is -1.63. The summed E-state index contributed by atoms with van der Waals surface area (Å²) >= 11 is 2.74. The molecule has 1 fully saturated rings. The number of piperidine rings is 1. The van der Waals surface area contributed by atoms with Crippen LogP contribution in [0.4, 0.5) is 0 Å². The molecular weight excluding hydrogens is 412 g/mol. The van der Waals surface area contributed by atoms with Crippen molar-refractivity contribution in [1.29, 1.82) is 5.26 Å². The normalized spacial score (nSPS) is 32.4. The molecule has 29 heavy (non-hydrogen) atoms. The van der Waals surface area contributed by atoms with Crippen LogP contribution in [-0.2, 0) is 23.8 Å². The van der Waals surface area contributed by atoms with Gasteiger partial charge in [-0.05, 0) is 11.7 Å². The van der Waals surface area contributed by atoms with Crippen LogP contribution in [0.1, 0.15) is 20.8 Å². The quantitative estimate of drug-likeness (QED) is 0.440. The predicted molar refractivity (Wildman–Crippen MR) is 111 cm³/mol. The Bertz CT molecular complexity index is 790. The molecule has 0 amide bonds. The molecule has 4 aliphatic rings. The van der Waals surface area contributed by atoms with Crippen molar-refractivity contribution in [2.75, 3.05) is 26.6 Å². The highest BCUT2D eigenvalue weighted by Crippen LogP contribution is 2.61. The lowest BCUT2D eigenvalue weighted by Gasteiger charge is -2.61. The standard InChI is InChI=1S/C20H26N2O5S2/c1-6-28-18-13(9-21)22-14-8-7-12(16(22)27-10-11(2)3)15(17(23)25-4)20(14,29-18)19(24)26-5/h7-8,11-12,14-16H,6,10H2,1-5H3. The molecule has 7 nitrogen and oxygen atoms in total.